The summed E-state index contributed by atoms with van der Waals surface area (Å²) in [7, 11) is -1.78. The van der Waals surface area contributed by atoms with E-state index in [0.29, 0.717) is 31.6 Å². The van der Waals surface area contributed by atoms with Crippen molar-refractivity contribution in [1.29, 1.82) is 0 Å². The summed E-state index contributed by atoms with van der Waals surface area (Å²) in [6.07, 6.45) is 4.48. The van der Waals surface area contributed by atoms with E-state index in [1.54, 1.807) is 13.2 Å². The van der Waals surface area contributed by atoms with Crippen molar-refractivity contribution in [1.82, 2.24) is 14.1 Å². The number of aliphatic hydroxyl groups excluding tert-OH is 1. The first kappa shape index (κ1) is 13.3. The van der Waals surface area contributed by atoms with Gasteiger partial charge in [-0.2, -0.15) is 17.8 Å². The lowest BCUT2D eigenvalue weighted by Gasteiger charge is -2.30. The summed E-state index contributed by atoms with van der Waals surface area (Å²) in [5.74, 6) is 0.217. The highest BCUT2D eigenvalue weighted by Crippen LogP contribution is 2.20. The number of nitrogens with zero attached hydrogens (tertiary/aromatic N) is 3. The predicted octanol–water partition coefficient (Wildman–Crippen LogP) is -0.219. The molecule has 8 heteroatoms. The SMILES string of the molecule is Cn1cc(NS(=O)(=O)N2CCC(CO)CC2)cn1. The Bertz CT molecular complexity index is 491. The van der Waals surface area contributed by atoms with Crippen molar-refractivity contribution in [3.63, 3.8) is 0 Å². The lowest BCUT2D eigenvalue weighted by molar-refractivity contribution is 0.170. The number of aromatic nitrogens is 2. The maximum atomic E-state index is 12.1. The molecule has 0 amide bonds. The summed E-state index contributed by atoms with van der Waals surface area (Å²) in [6, 6.07) is 0. The van der Waals surface area contributed by atoms with Crippen LogP contribution in [0.3, 0.4) is 0 Å². The molecule has 0 radical (unpaired) electrons. The number of hydrogen-bond donors (Lipinski definition) is 2. The van der Waals surface area contributed by atoms with Crippen LogP contribution >= 0.6 is 0 Å². The average molecular weight is 274 g/mol. The van der Waals surface area contributed by atoms with Crippen molar-refractivity contribution in [2.75, 3.05) is 24.4 Å². The molecular weight excluding hydrogens is 256 g/mol. The van der Waals surface area contributed by atoms with Gasteiger partial charge in [-0.05, 0) is 18.8 Å². The van der Waals surface area contributed by atoms with Gasteiger partial charge in [0.25, 0.3) is 0 Å². The van der Waals surface area contributed by atoms with Crippen molar-refractivity contribution in [2.45, 2.75) is 12.8 Å². The first-order chi connectivity index (χ1) is 8.51. The van der Waals surface area contributed by atoms with E-state index in [4.69, 9.17) is 5.11 Å². The number of rotatable bonds is 4. The molecule has 7 nitrogen and oxygen atoms in total. The van der Waals surface area contributed by atoms with Gasteiger partial charge in [-0.25, -0.2) is 0 Å². The highest BCUT2D eigenvalue weighted by molar-refractivity contribution is 7.90. The minimum atomic E-state index is -3.51. The van der Waals surface area contributed by atoms with Crippen LogP contribution in [0.25, 0.3) is 0 Å². The maximum absolute atomic E-state index is 12.1. The van der Waals surface area contributed by atoms with E-state index < -0.39 is 10.2 Å². The molecule has 2 rings (SSSR count). The molecule has 1 aliphatic heterocycles. The summed E-state index contributed by atoms with van der Waals surface area (Å²) in [5, 5.41) is 12.9. The van der Waals surface area contributed by atoms with Gasteiger partial charge in [0.05, 0.1) is 11.9 Å². The Morgan fingerprint density at radius 1 is 1.50 bits per heavy atom. The Morgan fingerprint density at radius 3 is 2.67 bits per heavy atom. The first-order valence-corrected chi connectivity index (χ1v) is 7.32. The molecule has 1 saturated heterocycles. The highest BCUT2D eigenvalue weighted by Gasteiger charge is 2.27. The van der Waals surface area contributed by atoms with E-state index in [-0.39, 0.29) is 12.5 Å². The van der Waals surface area contributed by atoms with Crippen LogP contribution in [-0.4, -0.2) is 47.3 Å². The second-order valence-electron chi connectivity index (χ2n) is 4.53. The van der Waals surface area contributed by atoms with Crippen LogP contribution in [0.2, 0.25) is 0 Å². The number of aryl methyl sites for hydroxylation is 1. The zero-order chi connectivity index (χ0) is 13.2. The van der Waals surface area contributed by atoms with E-state index in [1.165, 1.54) is 15.2 Å². The largest absolute Gasteiger partial charge is 0.396 e. The van der Waals surface area contributed by atoms with Crippen molar-refractivity contribution in [2.24, 2.45) is 13.0 Å². The van der Waals surface area contributed by atoms with Crippen molar-refractivity contribution < 1.29 is 13.5 Å². The number of piperidine rings is 1. The molecule has 102 valence electrons. The van der Waals surface area contributed by atoms with Crippen molar-refractivity contribution in [3.05, 3.63) is 12.4 Å². The van der Waals surface area contributed by atoms with Crippen LogP contribution < -0.4 is 4.72 Å². The lowest BCUT2D eigenvalue weighted by atomic mass is 10.00. The van der Waals surface area contributed by atoms with Crippen molar-refractivity contribution >= 4 is 15.9 Å². The summed E-state index contributed by atoms with van der Waals surface area (Å²) < 4.78 is 29.6. The maximum Gasteiger partial charge on any atom is 0.301 e. The van der Waals surface area contributed by atoms with Gasteiger partial charge in [-0.1, -0.05) is 0 Å². The second kappa shape index (κ2) is 5.25. The molecule has 0 spiro atoms. The van der Waals surface area contributed by atoms with Crippen LogP contribution in [0.15, 0.2) is 12.4 Å². The monoisotopic (exact) mass is 274 g/mol. The van der Waals surface area contributed by atoms with Crippen LogP contribution in [0.5, 0.6) is 0 Å². The fraction of sp³-hybridized carbons (Fsp3) is 0.700. The Balaban J connectivity index is 1.99. The minimum Gasteiger partial charge on any atom is -0.396 e. The van der Waals surface area contributed by atoms with Gasteiger partial charge in [0.2, 0.25) is 0 Å². The van der Waals surface area contributed by atoms with E-state index in [9.17, 15) is 8.42 Å². The molecule has 2 N–H and O–H groups in total. The normalized spacial score (nSPS) is 19.0. The van der Waals surface area contributed by atoms with Crippen LogP contribution in [-0.2, 0) is 17.3 Å². The third-order valence-electron chi connectivity index (χ3n) is 3.12. The Morgan fingerprint density at radius 2 is 2.17 bits per heavy atom. The lowest BCUT2D eigenvalue weighted by Crippen LogP contribution is -2.42. The van der Waals surface area contributed by atoms with Gasteiger partial charge in [0, 0.05) is 32.9 Å². The Kier molecular flexibility index (Phi) is 3.88. The van der Waals surface area contributed by atoms with Gasteiger partial charge in [-0.15, -0.1) is 0 Å². The summed E-state index contributed by atoms with van der Waals surface area (Å²) in [6.45, 7) is 1.02. The van der Waals surface area contributed by atoms with Crippen molar-refractivity contribution in [3.8, 4) is 0 Å². The molecule has 0 saturated carbocycles. The highest BCUT2D eigenvalue weighted by atomic mass is 32.2. The second-order valence-corrected chi connectivity index (χ2v) is 6.21. The molecule has 1 fully saturated rings. The smallest absolute Gasteiger partial charge is 0.301 e. The summed E-state index contributed by atoms with van der Waals surface area (Å²) in [5.41, 5.74) is 0.460. The Hall–Kier alpha value is -1.12. The molecule has 1 aromatic heterocycles. The molecule has 0 atom stereocenters. The molecule has 1 aromatic rings. The third-order valence-corrected chi connectivity index (χ3v) is 4.66. The van der Waals surface area contributed by atoms with Crippen LogP contribution in [0.4, 0.5) is 5.69 Å². The molecule has 0 unspecified atom stereocenters. The van der Waals surface area contributed by atoms with E-state index >= 15 is 0 Å². The standard InChI is InChI=1S/C10H18N4O3S/c1-13-7-10(6-11-13)12-18(16,17)14-4-2-9(8-15)3-5-14/h6-7,9,12,15H,2-5,8H2,1H3. The van der Waals surface area contributed by atoms with Gasteiger partial charge in [0.15, 0.2) is 0 Å². The fourth-order valence-corrected chi connectivity index (χ4v) is 3.24. The number of nitrogens with one attached hydrogen (secondary N) is 1. The van der Waals surface area contributed by atoms with Gasteiger partial charge in [0.1, 0.15) is 0 Å². The summed E-state index contributed by atoms with van der Waals surface area (Å²) >= 11 is 0. The van der Waals surface area contributed by atoms with E-state index in [0.717, 1.165) is 0 Å². The third kappa shape index (κ3) is 3.01. The molecule has 1 aliphatic rings. The number of anilines is 1. The number of hydrogen-bond acceptors (Lipinski definition) is 4. The van der Waals surface area contributed by atoms with Crippen LogP contribution in [0.1, 0.15) is 12.8 Å². The van der Waals surface area contributed by atoms with E-state index in [2.05, 4.69) is 9.82 Å². The molecule has 0 aliphatic carbocycles. The van der Waals surface area contributed by atoms with Gasteiger partial charge < -0.3 is 5.11 Å². The quantitative estimate of drug-likeness (QED) is 0.794. The molecule has 18 heavy (non-hydrogen) atoms. The van der Waals surface area contributed by atoms with E-state index in [1.807, 2.05) is 0 Å². The molecule has 2 heterocycles. The van der Waals surface area contributed by atoms with Gasteiger partial charge >= 0.3 is 10.2 Å². The fourth-order valence-electron chi connectivity index (χ4n) is 2.02. The first-order valence-electron chi connectivity index (χ1n) is 5.88. The molecule has 0 aromatic carbocycles. The topological polar surface area (TPSA) is 87.5 Å². The minimum absolute atomic E-state index is 0.129. The summed E-state index contributed by atoms with van der Waals surface area (Å²) in [4.78, 5) is 0. The zero-order valence-corrected chi connectivity index (χ0v) is 11.1. The average Bonchev–Trinajstić information content (AvgIpc) is 2.74. The number of aliphatic hydroxyl groups is 1. The van der Waals surface area contributed by atoms with Crippen LogP contribution in [0, 0.1) is 5.92 Å². The van der Waals surface area contributed by atoms with Gasteiger partial charge in [-0.3, -0.25) is 9.40 Å². The molecule has 0 bridgehead atoms. The predicted molar refractivity (Wildman–Crippen MR) is 67.1 cm³/mol. The Labute approximate surface area is 107 Å². The molecular formula is C10H18N4O3S. The zero-order valence-electron chi connectivity index (χ0n) is 10.3.